The molecule has 1 aliphatic rings. The molecule has 0 unspecified atom stereocenters. The highest BCUT2D eigenvalue weighted by Gasteiger charge is 2.18. The van der Waals surface area contributed by atoms with Gasteiger partial charge in [0.05, 0.1) is 48.0 Å². The number of methoxy groups -OCH3 is 2. The molecule has 12 heteroatoms. The molecule has 0 bridgehead atoms. The topological polar surface area (TPSA) is 109 Å². The zero-order valence-corrected chi connectivity index (χ0v) is 24.0. The largest absolute Gasteiger partial charge is 0.497 e. The third-order valence-corrected chi connectivity index (χ3v) is 7.92. The summed E-state index contributed by atoms with van der Waals surface area (Å²) < 4.78 is 12.7. The molecule has 1 fully saturated rings. The number of nitrogens with one attached hydrogen (secondary N) is 2. The average Bonchev–Trinajstić information content (AvgIpc) is 3.33. The van der Waals surface area contributed by atoms with Crippen molar-refractivity contribution in [3.05, 3.63) is 71.2 Å². The van der Waals surface area contributed by atoms with Gasteiger partial charge in [-0.1, -0.05) is 18.5 Å². The highest BCUT2D eigenvalue weighted by Crippen LogP contribution is 2.40. The Labute approximate surface area is 242 Å². The van der Waals surface area contributed by atoms with E-state index in [0.717, 1.165) is 61.6 Å². The molecule has 212 valence electrons. The van der Waals surface area contributed by atoms with Gasteiger partial charge in [-0.2, -0.15) is 0 Å². The number of aromatic nitrogens is 5. The summed E-state index contributed by atoms with van der Waals surface area (Å²) in [4.78, 5) is 15.6. The van der Waals surface area contributed by atoms with E-state index in [1.807, 2.05) is 36.4 Å². The third-order valence-electron chi connectivity index (χ3n) is 7.53. The van der Waals surface area contributed by atoms with Crippen LogP contribution in [0.1, 0.15) is 12.6 Å². The van der Waals surface area contributed by atoms with Crippen molar-refractivity contribution in [3.63, 3.8) is 0 Å². The zero-order valence-electron chi connectivity index (χ0n) is 23.3. The van der Waals surface area contributed by atoms with Gasteiger partial charge in [0.25, 0.3) is 0 Å². The van der Waals surface area contributed by atoms with Crippen molar-refractivity contribution in [1.82, 2.24) is 34.1 Å². The van der Waals surface area contributed by atoms with E-state index in [-0.39, 0.29) is 5.62 Å². The molecule has 11 nitrogen and oxygen atoms in total. The molecule has 0 amide bonds. The number of ether oxygens (including phenoxy) is 2. The highest BCUT2D eigenvalue weighted by atomic mass is 35.5. The van der Waals surface area contributed by atoms with Crippen LogP contribution in [0.2, 0.25) is 5.02 Å². The van der Waals surface area contributed by atoms with Gasteiger partial charge in [-0.15, -0.1) is 9.89 Å². The van der Waals surface area contributed by atoms with Crippen LogP contribution in [0, 0.1) is 5.41 Å². The van der Waals surface area contributed by atoms with Crippen molar-refractivity contribution in [2.75, 3.05) is 52.4 Å². The fourth-order valence-corrected chi connectivity index (χ4v) is 5.50. The first-order chi connectivity index (χ1) is 20.0. The minimum atomic E-state index is 0.148. The third kappa shape index (κ3) is 5.19. The van der Waals surface area contributed by atoms with Crippen LogP contribution in [-0.4, -0.2) is 81.0 Å². The predicted octanol–water partition coefficient (Wildman–Crippen LogP) is 3.91. The Morgan fingerprint density at radius 3 is 2.49 bits per heavy atom. The molecule has 0 aliphatic carbocycles. The van der Waals surface area contributed by atoms with Gasteiger partial charge in [-0.3, -0.25) is 30.1 Å². The van der Waals surface area contributed by atoms with Crippen LogP contribution in [0.15, 0.2) is 54.9 Å². The molecule has 1 aromatic carbocycles. The first kappa shape index (κ1) is 27.0. The molecule has 1 aliphatic heterocycles. The van der Waals surface area contributed by atoms with Gasteiger partial charge in [0.15, 0.2) is 5.65 Å². The molecule has 5 aromatic rings. The van der Waals surface area contributed by atoms with E-state index in [2.05, 4.69) is 37.2 Å². The maximum atomic E-state index is 8.92. The minimum absolute atomic E-state index is 0.148. The van der Waals surface area contributed by atoms with E-state index in [1.54, 1.807) is 37.1 Å². The van der Waals surface area contributed by atoms with E-state index in [4.69, 9.17) is 26.5 Å². The van der Waals surface area contributed by atoms with Crippen molar-refractivity contribution in [3.8, 4) is 22.8 Å². The molecular weight excluding hydrogens is 542 g/mol. The van der Waals surface area contributed by atoms with Gasteiger partial charge in [0.1, 0.15) is 11.5 Å². The van der Waals surface area contributed by atoms with Crippen LogP contribution < -0.4 is 20.5 Å². The Morgan fingerprint density at radius 1 is 0.976 bits per heavy atom. The second-order valence-corrected chi connectivity index (χ2v) is 10.3. The standard InChI is InChI=1S/C29H32ClN9O2/c1-4-36-11-13-37(14-12-36)18-20-6-5-19(17-33-20)34-39-29(31)38-24-9-10-32-28(22(24)7-8-26(38)35-39)23-15-21(40-2)16-25(41-3)27(23)30/h5-10,15-17,31,34H,4,11-14,18H2,1-3H3. The zero-order chi connectivity index (χ0) is 28.5. The summed E-state index contributed by atoms with van der Waals surface area (Å²) in [6.45, 7) is 8.44. The number of likely N-dealkylation sites (N-methyl/N-ethyl adjacent to an activating group) is 1. The smallest absolute Gasteiger partial charge is 0.245 e. The lowest BCUT2D eigenvalue weighted by molar-refractivity contribution is 0.131. The number of nitrogens with zero attached hydrogens (tertiary/aromatic N) is 7. The van der Waals surface area contributed by atoms with Crippen molar-refractivity contribution < 1.29 is 9.47 Å². The van der Waals surface area contributed by atoms with E-state index in [0.29, 0.717) is 33.4 Å². The molecule has 0 atom stereocenters. The van der Waals surface area contributed by atoms with Crippen LogP contribution in [0.3, 0.4) is 0 Å². The number of pyridine rings is 3. The number of piperazine rings is 1. The summed E-state index contributed by atoms with van der Waals surface area (Å²) in [5.74, 6) is 1.09. The molecule has 0 radical (unpaired) electrons. The summed E-state index contributed by atoms with van der Waals surface area (Å²) in [6.07, 6.45) is 3.48. The summed E-state index contributed by atoms with van der Waals surface area (Å²) in [5, 5.41) is 14.8. The first-order valence-corrected chi connectivity index (χ1v) is 13.9. The first-order valence-electron chi connectivity index (χ1n) is 13.5. The molecule has 2 N–H and O–H groups in total. The number of hydrogen-bond acceptors (Lipinski definition) is 9. The normalized spacial score (nSPS) is 14.5. The lowest BCUT2D eigenvalue weighted by atomic mass is 10.1. The molecule has 4 aromatic heterocycles. The van der Waals surface area contributed by atoms with Gasteiger partial charge in [-0.25, -0.2) is 0 Å². The molecule has 5 heterocycles. The van der Waals surface area contributed by atoms with Gasteiger partial charge in [0.2, 0.25) is 5.62 Å². The van der Waals surface area contributed by atoms with Crippen molar-refractivity contribution in [1.29, 1.82) is 5.41 Å². The fourth-order valence-electron chi connectivity index (χ4n) is 5.23. The summed E-state index contributed by atoms with van der Waals surface area (Å²) >= 11 is 6.69. The second-order valence-electron chi connectivity index (χ2n) is 9.91. The summed E-state index contributed by atoms with van der Waals surface area (Å²) in [5.41, 5.74) is 7.80. The molecular formula is C29H32ClN9O2. The Hall–Kier alpha value is -4.19. The maximum Gasteiger partial charge on any atom is 0.245 e. The van der Waals surface area contributed by atoms with Crippen LogP contribution in [0.4, 0.5) is 5.69 Å². The highest BCUT2D eigenvalue weighted by molar-refractivity contribution is 6.35. The van der Waals surface area contributed by atoms with Crippen molar-refractivity contribution >= 4 is 33.8 Å². The molecule has 6 rings (SSSR count). The lowest BCUT2D eigenvalue weighted by Gasteiger charge is -2.33. The number of rotatable bonds is 8. The van der Waals surface area contributed by atoms with E-state index in [1.165, 1.54) is 4.79 Å². The SMILES string of the molecule is CCN1CCN(Cc2ccc(Nn3nc4ccc5c(-c6cc(OC)cc(OC)c6Cl)nccc5n4c3=N)cn2)CC1. The minimum Gasteiger partial charge on any atom is -0.497 e. The Balaban J connectivity index is 1.29. The van der Waals surface area contributed by atoms with Gasteiger partial charge in [0, 0.05) is 55.9 Å². The predicted molar refractivity (Wildman–Crippen MR) is 159 cm³/mol. The van der Waals surface area contributed by atoms with Gasteiger partial charge >= 0.3 is 0 Å². The Bertz CT molecular complexity index is 1760. The monoisotopic (exact) mass is 573 g/mol. The van der Waals surface area contributed by atoms with Crippen LogP contribution in [0.5, 0.6) is 11.5 Å². The molecule has 0 saturated carbocycles. The molecule has 1 saturated heterocycles. The van der Waals surface area contributed by atoms with E-state index in [9.17, 15) is 0 Å². The summed E-state index contributed by atoms with van der Waals surface area (Å²) in [7, 11) is 3.15. The van der Waals surface area contributed by atoms with E-state index < -0.39 is 0 Å². The summed E-state index contributed by atoms with van der Waals surface area (Å²) in [6, 6.07) is 13.2. The van der Waals surface area contributed by atoms with Crippen LogP contribution in [0.25, 0.3) is 27.8 Å². The van der Waals surface area contributed by atoms with Gasteiger partial charge in [-0.05, 0) is 42.9 Å². The molecule has 0 spiro atoms. The quantitative estimate of drug-likeness (QED) is 0.288. The van der Waals surface area contributed by atoms with Gasteiger partial charge < -0.3 is 14.4 Å². The molecule has 41 heavy (non-hydrogen) atoms. The van der Waals surface area contributed by atoms with Crippen molar-refractivity contribution in [2.24, 2.45) is 0 Å². The van der Waals surface area contributed by atoms with E-state index >= 15 is 0 Å². The number of anilines is 1. The van der Waals surface area contributed by atoms with Crippen LogP contribution in [-0.2, 0) is 6.54 Å². The van der Waals surface area contributed by atoms with Crippen LogP contribution >= 0.6 is 11.6 Å². The van der Waals surface area contributed by atoms with Crippen molar-refractivity contribution in [2.45, 2.75) is 13.5 Å². The lowest BCUT2D eigenvalue weighted by Crippen LogP contribution is -2.45. The number of hydrogen-bond donors (Lipinski definition) is 2. The number of halogens is 1. The Morgan fingerprint density at radius 2 is 1.78 bits per heavy atom. The maximum absolute atomic E-state index is 8.92. The fraction of sp³-hybridized carbons (Fsp3) is 0.310. The average molecular weight is 574 g/mol. The number of fused-ring (bicyclic) bond motifs is 3. The second kappa shape index (κ2) is 11.4. The Kier molecular flexibility index (Phi) is 7.48. The number of benzene rings is 1.